The van der Waals surface area contributed by atoms with E-state index in [4.69, 9.17) is 5.73 Å². The van der Waals surface area contributed by atoms with Gasteiger partial charge in [0.1, 0.15) is 5.75 Å². The number of phenols is 1. The van der Waals surface area contributed by atoms with Crippen molar-refractivity contribution in [2.75, 3.05) is 5.73 Å². The number of phenolic OH excluding ortho intramolecular Hbond substituents is 1. The first-order chi connectivity index (χ1) is 7.18. The molecule has 1 heterocycles. The first-order valence-corrected chi connectivity index (χ1v) is 5.02. The molecule has 76 valence electrons. The third kappa shape index (κ3) is 1.92. The largest absolute Gasteiger partial charge is 0.508 e. The minimum Gasteiger partial charge on any atom is -0.508 e. The first-order valence-electron chi connectivity index (χ1n) is 4.23. The highest BCUT2D eigenvalue weighted by atomic mass is 79.9. The molecule has 3 N–H and O–H groups in total. The van der Waals surface area contributed by atoms with Gasteiger partial charge >= 0.3 is 0 Å². The number of aromatic nitrogens is 2. The molecular formula is C10H8BrN3O. The summed E-state index contributed by atoms with van der Waals surface area (Å²) in [5, 5.41) is 9.45. The minimum atomic E-state index is 0.136. The highest BCUT2D eigenvalue weighted by Crippen LogP contribution is 2.34. The van der Waals surface area contributed by atoms with Crippen LogP contribution in [0, 0.1) is 0 Å². The Labute approximate surface area is 94.9 Å². The maximum atomic E-state index is 9.45. The number of nitrogens with zero attached hydrogens (tertiary/aromatic N) is 2. The molecule has 1 aromatic heterocycles. The van der Waals surface area contributed by atoms with Crippen molar-refractivity contribution in [1.29, 1.82) is 0 Å². The average Bonchev–Trinajstić information content (AvgIpc) is 2.24. The Bertz CT molecular complexity index is 488. The van der Waals surface area contributed by atoms with Crippen LogP contribution in [-0.4, -0.2) is 15.1 Å². The molecular weight excluding hydrogens is 258 g/mol. The van der Waals surface area contributed by atoms with Gasteiger partial charge in [-0.05, 0) is 28.1 Å². The summed E-state index contributed by atoms with van der Waals surface area (Å²) < 4.78 is 0.642. The molecule has 0 radical (unpaired) electrons. The summed E-state index contributed by atoms with van der Waals surface area (Å²) in [5.41, 5.74) is 7.69. The van der Waals surface area contributed by atoms with Crippen LogP contribution in [0.25, 0.3) is 11.3 Å². The topological polar surface area (TPSA) is 72.0 Å². The second-order valence-electron chi connectivity index (χ2n) is 2.98. The lowest BCUT2D eigenvalue weighted by Gasteiger charge is -2.07. The maximum absolute atomic E-state index is 9.45. The van der Waals surface area contributed by atoms with Crippen LogP contribution < -0.4 is 5.73 Å². The van der Waals surface area contributed by atoms with Crippen molar-refractivity contribution in [1.82, 2.24) is 9.97 Å². The quantitative estimate of drug-likeness (QED) is 0.613. The van der Waals surface area contributed by atoms with E-state index in [1.165, 1.54) is 6.07 Å². The number of nitrogens with two attached hydrogens (primary N) is 1. The van der Waals surface area contributed by atoms with E-state index >= 15 is 0 Å². The molecule has 0 aliphatic heterocycles. The summed E-state index contributed by atoms with van der Waals surface area (Å²) in [6, 6.07) is 3.10. The van der Waals surface area contributed by atoms with E-state index in [9.17, 15) is 5.11 Å². The van der Waals surface area contributed by atoms with E-state index < -0.39 is 0 Å². The molecule has 0 unspecified atom stereocenters. The van der Waals surface area contributed by atoms with Crippen LogP contribution in [0.15, 0.2) is 35.2 Å². The molecule has 0 bridgehead atoms. The van der Waals surface area contributed by atoms with Crippen molar-refractivity contribution in [3.8, 4) is 17.0 Å². The van der Waals surface area contributed by atoms with Gasteiger partial charge in [0.15, 0.2) is 0 Å². The van der Waals surface area contributed by atoms with Gasteiger partial charge in [-0.25, -0.2) is 0 Å². The summed E-state index contributed by atoms with van der Waals surface area (Å²) in [6.07, 6.45) is 4.75. The normalized spacial score (nSPS) is 10.2. The van der Waals surface area contributed by atoms with Crippen LogP contribution in [-0.2, 0) is 0 Å². The molecule has 15 heavy (non-hydrogen) atoms. The monoisotopic (exact) mass is 265 g/mol. The first kappa shape index (κ1) is 9.92. The second-order valence-corrected chi connectivity index (χ2v) is 3.83. The molecule has 0 spiro atoms. The van der Waals surface area contributed by atoms with Gasteiger partial charge in [-0.1, -0.05) is 0 Å². The Morgan fingerprint density at radius 1 is 1.27 bits per heavy atom. The van der Waals surface area contributed by atoms with E-state index in [1.807, 2.05) is 0 Å². The van der Waals surface area contributed by atoms with E-state index in [0.29, 0.717) is 21.4 Å². The Morgan fingerprint density at radius 3 is 2.73 bits per heavy atom. The fourth-order valence-corrected chi connectivity index (χ4v) is 1.70. The SMILES string of the molecule is Nc1c(Br)cc(O)cc1-c1cnccn1. The van der Waals surface area contributed by atoms with Gasteiger partial charge in [0, 0.05) is 22.4 Å². The number of anilines is 1. The average molecular weight is 266 g/mol. The van der Waals surface area contributed by atoms with Gasteiger partial charge in [-0.3, -0.25) is 9.97 Å². The summed E-state index contributed by atoms with van der Waals surface area (Å²) in [4.78, 5) is 8.06. The predicted molar refractivity (Wildman–Crippen MR) is 61.2 cm³/mol. The molecule has 0 saturated carbocycles. The van der Waals surface area contributed by atoms with Gasteiger partial charge in [-0.15, -0.1) is 0 Å². The molecule has 5 heteroatoms. The van der Waals surface area contributed by atoms with Crippen molar-refractivity contribution in [3.63, 3.8) is 0 Å². The fourth-order valence-electron chi connectivity index (χ4n) is 1.25. The van der Waals surface area contributed by atoms with E-state index in [0.717, 1.165) is 0 Å². The molecule has 1 aromatic carbocycles. The van der Waals surface area contributed by atoms with Crippen molar-refractivity contribution in [2.24, 2.45) is 0 Å². The molecule has 0 aliphatic rings. The Morgan fingerprint density at radius 2 is 2.07 bits per heavy atom. The number of rotatable bonds is 1. The smallest absolute Gasteiger partial charge is 0.117 e. The molecule has 2 rings (SSSR count). The Kier molecular flexibility index (Phi) is 2.55. The fraction of sp³-hybridized carbons (Fsp3) is 0. The summed E-state index contributed by atoms with van der Waals surface area (Å²) >= 11 is 3.26. The maximum Gasteiger partial charge on any atom is 0.117 e. The van der Waals surface area contributed by atoms with Gasteiger partial charge < -0.3 is 10.8 Å². The number of nitrogen functional groups attached to an aromatic ring is 1. The van der Waals surface area contributed by atoms with Gasteiger partial charge in [0.25, 0.3) is 0 Å². The van der Waals surface area contributed by atoms with Crippen molar-refractivity contribution < 1.29 is 5.11 Å². The van der Waals surface area contributed by atoms with Crippen LogP contribution in [0.1, 0.15) is 0 Å². The van der Waals surface area contributed by atoms with Crippen LogP contribution in [0.3, 0.4) is 0 Å². The highest BCUT2D eigenvalue weighted by Gasteiger charge is 2.08. The lowest BCUT2D eigenvalue weighted by molar-refractivity contribution is 0.475. The molecule has 0 atom stereocenters. The molecule has 0 amide bonds. The van der Waals surface area contributed by atoms with Crippen LogP contribution >= 0.6 is 15.9 Å². The summed E-state index contributed by atoms with van der Waals surface area (Å²) in [5.74, 6) is 0.136. The van der Waals surface area contributed by atoms with Crippen LogP contribution in [0.2, 0.25) is 0 Å². The number of aromatic hydroxyl groups is 1. The molecule has 4 nitrogen and oxygen atoms in total. The van der Waals surface area contributed by atoms with E-state index in [-0.39, 0.29) is 5.75 Å². The third-order valence-electron chi connectivity index (χ3n) is 1.95. The molecule has 0 aliphatic carbocycles. The van der Waals surface area contributed by atoms with Gasteiger partial charge in [0.2, 0.25) is 0 Å². The van der Waals surface area contributed by atoms with Crippen molar-refractivity contribution in [3.05, 3.63) is 35.2 Å². The highest BCUT2D eigenvalue weighted by molar-refractivity contribution is 9.10. The van der Waals surface area contributed by atoms with Crippen molar-refractivity contribution >= 4 is 21.6 Å². The molecule has 0 saturated heterocycles. The van der Waals surface area contributed by atoms with E-state index in [1.54, 1.807) is 24.7 Å². The number of benzene rings is 1. The van der Waals surface area contributed by atoms with Crippen LogP contribution in [0.4, 0.5) is 5.69 Å². The lowest BCUT2D eigenvalue weighted by Crippen LogP contribution is -1.93. The minimum absolute atomic E-state index is 0.136. The summed E-state index contributed by atoms with van der Waals surface area (Å²) in [7, 11) is 0. The molecule has 0 fully saturated rings. The number of hydrogen-bond donors (Lipinski definition) is 2. The second kappa shape index (κ2) is 3.86. The Hall–Kier alpha value is -1.62. The van der Waals surface area contributed by atoms with Gasteiger partial charge in [-0.2, -0.15) is 0 Å². The number of hydrogen-bond acceptors (Lipinski definition) is 4. The predicted octanol–water partition coefficient (Wildman–Crippen LogP) is 2.19. The van der Waals surface area contributed by atoms with Gasteiger partial charge in [0.05, 0.1) is 17.6 Å². The lowest BCUT2D eigenvalue weighted by atomic mass is 10.1. The summed E-state index contributed by atoms with van der Waals surface area (Å²) in [6.45, 7) is 0. The standard InChI is InChI=1S/C10H8BrN3O/c11-8-4-6(15)3-7(10(8)12)9-5-13-1-2-14-9/h1-5,15H,12H2. The number of halogens is 1. The zero-order chi connectivity index (χ0) is 10.8. The molecule has 2 aromatic rings. The van der Waals surface area contributed by atoms with E-state index in [2.05, 4.69) is 25.9 Å². The van der Waals surface area contributed by atoms with Crippen molar-refractivity contribution in [2.45, 2.75) is 0 Å². The zero-order valence-corrected chi connectivity index (χ0v) is 9.27. The zero-order valence-electron chi connectivity index (χ0n) is 7.68. The Balaban J connectivity index is 2.63. The third-order valence-corrected chi connectivity index (χ3v) is 2.61. The van der Waals surface area contributed by atoms with Crippen LogP contribution in [0.5, 0.6) is 5.75 Å².